The van der Waals surface area contributed by atoms with Gasteiger partial charge in [0.05, 0.1) is 23.8 Å². The number of ether oxygens (including phenoxy) is 1. The van der Waals surface area contributed by atoms with Crippen LogP contribution in [0.25, 0.3) is 11.4 Å². The summed E-state index contributed by atoms with van der Waals surface area (Å²) < 4.78 is 46.6. The molecule has 1 N–H and O–H groups in total. The van der Waals surface area contributed by atoms with Crippen LogP contribution in [0.2, 0.25) is 0 Å². The quantitative estimate of drug-likeness (QED) is 0.485. The number of hydrogen-bond acceptors (Lipinski definition) is 6. The Labute approximate surface area is 180 Å². The lowest BCUT2D eigenvalue weighted by atomic mass is 10.0. The average Bonchev–Trinajstić information content (AvgIpc) is 3.42. The second kappa shape index (κ2) is 8.12. The first-order valence-electron chi connectivity index (χ1n) is 9.93. The number of rotatable bonds is 5. The number of nitrogens with one attached hydrogen (secondary N) is 1. The van der Waals surface area contributed by atoms with Crippen molar-refractivity contribution in [3.63, 3.8) is 0 Å². The molecule has 1 aliphatic heterocycles. The molecule has 0 spiro atoms. The van der Waals surface area contributed by atoms with E-state index >= 15 is 0 Å². The van der Waals surface area contributed by atoms with E-state index in [2.05, 4.69) is 41.9 Å². The van der Waals surface area contributed by atoms with Gasteiger partial charge in [0.2, 0.25) is 11.7 Å². The van der Waals surface area contributed by atoms with Gasteiger partial charge in [-0.1, -0.05) is 35.5 Å². The van der Waals surface area contributed by atoms with Crippen molar-refractivity contribution in [1.82, 2.24) is 25.0 Å². The molecule has 1 aliphatic rings. The summed E-state index contributed by atoms with van der Waals surface area (Å²) >= 11 is 0. The Hall–Kier alpha value is -3.66. The van der Waals surface area contributed by atoms with Gasteiger partial charge < -0.3 is 14.2 Å². The molecule has 4 aromatic rings. The van der Waals surface area contributed by atoms with Crippen molar-refractivity contribution < 1.29 is 22.4 Å². The largest absolute Gasteiger partial charge is 0.573 e. The lowest BCUT2D eigenvalue weighted by Gasteiger charge is -2.32. The number of fused-ring (bicyclic) bond motifs is 1. The third kappa shape index (κ3) is 4.35. The van der Waals surface area contributed by atoms with Gasteiger partial charge in [-0.05, 0) is 29.8 Å². The van der Waals surface area contributed by atoms with E-state index in [1.54, 1.807) is 6.33 Å². The fraction of sp³-hybridized carbons (Fsp3) is 0.227. The van der Waals surface area contributed by atoms with E-state index in [0.29, 0.717) is 36.8 Å². The predicted octanol–water partition coefficient (Wildman–Crippen LogP) is 4.66. The van der Waals surface area contributed by atoms with Gasteiger partial charge >= 0.3 is 6.36 Å². The molecule has 0 bridgehead atoms. The fourth-order valence-corrected chi connectivity index (χ4v) is 3.81. The fourth-order valence-electron chi connectivity index (χ4n) is 3.81. The van der Waals surface area contributed by atoms with Crippen LogP contribution in [-0.4, -0.2) is 31.4 Å². The highest BCUT2D eigenvalue weighted by Gasteiger charge is 2.33. The zero-order chi connectivity index (χ0) is 22.1. The smallest absolute Gasteiger partial charge is 0.406 e. The van der Waals surface area contributed by atoms with E-state index < -0.39 is 6.36 Å². The van der Waals surface area contributed by atoms with Crippen LogP contribution in [0.15, 0.2) is 65.4 Å². The topological polar surface area (TPSA) is 80.1 Å². The van der Waals surface area contributed by atoms with Gasteiger partial charge in [0.1, 0.15) is 5.75 Å². The summed E-state index contributed by atoms with van der Waals surface area (Å²) in [7, 11) is 0. The lowest BCUT2D eigenvalue weighted by molar-refractivity contribution is -0.274. The van der Waals surface area contributed by atoms with Gasteiger partial charge in [0.15, 0.2) is 0 Å². The number of halogens is 3. The number of imidazole rings is 1. The van der Waals surface area contributed by atoms with Crippen molar-refractivity contribution in [3.05, 3.63) is 83.8 Å². The molecule has 0 fully saturated rings. The Balaban J connectivity index is 1.39. The number of nitrogens with zero attached hydrogens (tertiary/aromatic N) is 4. The molecule has 10 heteroatoms. The summed E-state index contributed by atoms with van der Waals surface area (Å²) in [5.41, 5.74) is 3.69. The molecular formula is C22H18F3N5O2. The zero-order valence-corrected chi connectivity index (χ0v) is 16.7. The maximum absolute atomic E-state index is 12.4. The van der Waals surface area contributed by atoms with E-state index in [9.17, 15) is 13.2 Å². The Morgan fingerprint density at radius 1 is 1.09 bits per heavy atom. The molecule has 0 saturated carbocycles. The highest BCUT2D eigenvalue weighted by molar-refractivity contribution is 5.55. The van der Waals surface area contributed by atoms with Crippen LogP contribution in [0.4, 0.5) is 13.2 Å². The average molecular weight is 441 g/mol. The highest BCUT2D eigenvalue weighted by atomic mass is 19.4. The monoisotopic (exact) mass is 441 g/mol. The molecule has 0 aliphatic carbocycles. The van der Waals surface area contributed by atoms with Crippen molar-refractivity contribution >= 4 is 0 Å². The van der Waals surface area contributed by atoms with Crippen LogP contribution in [-0.2, 0) is 19.5 Å². The maximum Gasteiger partial charge on any atom is 0.573 e. The van der Waals surface area contributed by atoms with Crippen LogP contribution >= 0.6 is 0 Å². The molecule has 32 heavy (non-hydrogen) atoms. The van der Waals surface area contributed by atoms with Crippen LogP contribution in [0.5, 0.6) is 5.75 Å². The SMILES string of the molecule is FC(F)(F)Oc1ccc(-c2noc([C@@H]3Cc4nc[nH]c4CN3Cc3ccccc3)n2)cc1. The summed E-state index contributed by atoms with van der Waals surface area (Å²) in [6, 6.07) is 15.3. The normalized spacial score (nSPS) is 16.7. The first-order chi connectivity index (χ1) is 15.4. The highest BCUT2D eigenvalue weighted by Crippen LogP contribution is 2.33. The Kier molecular flexibility index (Phi) is 5.14. The van der Waals surface area contributed by atoms with Crippen LogP contribution in [0, 0.1) is 0 Å². The van der Waals surface area contributed by atoms with Gasteiger partial charge in [-0.2, -0.15) is 4.98 Å². The van der Waals surface area contributed by atoms with Crippen molar-refractivity contribution in [2.24, 2.45) is 0 Å². The van der Waals surface area contributed by atoms with Gasteiger partial charge in [-0.15, -0.1) is 13.2 Å². The number of alkyl halides is 3. The van der Waals surface area contributed by atoms with E-state index in [0.717, 1.165) is 17.0 Å². The minimum Gasteiger partial charge on any atom is -0.406 e. The first kappa shape index (κ1) is 20.3. The molecule has 1 atom stereocenters. The van der Waals surface area contributed by atoms with E-state index in [-0.39, 0.29) is 11.8 Å². The molecule has 0 amide bonds. The molecule has 5 rings (SSSR count). The molecular weight excluding hydrogens is 423 g/mol. The standard InChI is InChI=1S/C22H18F3N5O2/c23-22(24,25)31-16-8-6-15(7-9-16)20-28-21(32-29-20)19-10-17-18(27-13-26-17)12-30(19)11-14-4-2-1-3-5-14/h1-9,13,19H,10-12H2,(H,26,27)/t19-/m0/s1. The summed E-state index contributed by atoms with van der Waals surface area (Å²) in [6.45, 7) is 1.33. The molecule has 7 nitrogen and oxygen atoms in total. The minimum atomic E-state index is -4.74. The van der Waals surface area contributed by atoms with Crippen LogP contribution in [0.1, 0.15) is 28.9 Å². The van der Waals surface area contributed by atoms with Crippen molar-refractivity contribution in [2.75, 3.05) is 0 Å². The third-order valence-corrected chi connectivity index (χ3v) is 5.30. The van der Waals surface area contributed by atoms with Crippen LogP contribution in [0.3, 0.4) is 0 Å². The molecule has 3 heterocycles. The van der Waals surface area contributed by atoms with Crippen molar-refractivity contribution in [3.8, 4) is 17.1 Å². The molecule has 2 aromatic carbocycles. The first-order valence-corrected chi connectivity index (χ1v) is 9.93. The van der Waals surface area contributed by atoms with Gasteiger partial charge in [0, 0.05) is 25.1 Å². The van der Waals surface area contributed by atoms with Gasteiger partial charge in [0.25, 0.3) is 0 Å². The second-order valence-electron chi connectivity index (χ2n) is 7.47. The number of aromatic nitrogens is 4. The molecule has 164 valence electrons. The Morgan fingerprint density at radius 2 is 1.88 bits per heavy atom. The van der Waals surface area contributed by atoms with E-state index in [4.69, 9.17) is 4.52 Å². The summed E-state index contributed by atoms with van der Waals surface area (Å²) in [4.78, 5) is 14.4. The predicted molar refractivity (Wildman–Crippen MR) is 107 cm³/mol. The molecule has 2 aromatic heterocycles. The number of hydrogen-bond donors (Lipinski definition) is 1. The number of H-pyrrole nitrogens is 1. The minimum absolute atomic E-state index is 0.180. The summed E-state index contributed by atoms with van der Waals surface area (Å²) in [6.07, 6.45) is -2.46. The molecule has 0 unspecified atom stereocenters. The Bertz CT molecular complexity index is 1190. The van der Waals surface area contributed by atoms with Crippen LogP contribution < -0.4 is 4.74 Å². The van der Waals surface area contributed by atoms with E-state index in [1.807, 2.05) is 18.2 Å². The second-order valence-corrected chi connectivity index (χ2v) is 7.47. The van der Waals surface area contributed by atoms with Crippen molar-refractivity contribution in [2.45, 2.75) is 31.9 Å². The Morgan fingerprint density at radius 3 is 2.62 bits per heavy atom. The summed E-state index contributed by atoms with van der Waals surface area (Å²) in [5, 5.41) is 4.05. The lowest BCUT2D eigenvalue weighted by Crippen LogP contribution is -2.34. The third-order valence-electron chi connectivity index (χ3n) is 5.30. The molecule has 0 saturated heterocycles. The number of aromatic amines is 1. The number of benzene rings is 2. The zero-order valence-electron chi connectivity index (χ0n) is 16.7. The van der Waals surface area contributed by atoms with Gasteiger partial charge in [-0.3, -0.25) is 4.90 Å². The van der Waals surface area contributed by atoms with E-state index in [1.165, 1.54) is 24.3 Å². The van der Waals surface area contributed by atoms with Gasteiger partial charge in [-0.25, -0.2) is 4.98 Å². The summed E-state index contributed by atoms with van der Waals surface area (Å²) in [5.74, 6) is 0.420. The maximum atomic E-state index is 12.4. The molecule has 0 radical (unpaired) electrons. The van der Waals surface area contributed by atoms with Crippen molar-refractivity contribution in [1.29, 1.82) is 0 Å².